The first-order valence-corrected chi connectivity index (χ1v) is 16.1. The second-order valence-electron chi connectivity index (χ2n) is 13.1. The third-order valence-electron chi connectivity index (χ3n) is 10.2. The number of alkyl halides is 2. The molecular weight excluding hydrogens is 584 g/mol. The SMILES string of the molecule is CCc1c(-c2cc(O)cc3ccccc23)c(Cl)cc2c(N3CC4CCC(C3)N4)nc(OCC34CC(F)CN3CC(F)C4)nc12. The quantitative estimate of drug-likeness (QED) is 0.266. The standard InChI is InChI=1S/C34H36ClF2N5O2/c1-2-25-30(27-10-24(43)9-19-5-3-4-6-26(19)27)29(35)11-28-31(25)39-33(40-32(28)41-16-22-7-8-23(17-41)38-22)44-18-34-12-20(36)14-42(34)15-21(37)13-34/h3-6,9-11,20-23,38,43H,2,7-8,12-18H2,1H3. The lowest BCUT2D eigenvalue weighted by Crippen LogP contribution is -2.51. The molecule has 8 rings (SSSR count). The second kappa shape index (κ2) is 10.7. The van der Waals surface area contributed by atoms with E-state index in [4.69, 9.17) is 26.3 Å². The number of nitrogens with zero attached hydrogens (tertiary/aromatic N) is 4. The van der Waals surface area contributed by atoms with Crippen molar-refractivity contribution < 1.29 is 18.6 Å². The van der Waals surface area contributed by atoms with Crippen molar-refractivity contribution in [2.45, 2.75) is 69.0 Å². The topological polar surface area (TPSA) is 73.8 Å². The van der Waals surface area contributed by atoms with Crippen LogP contribution in [-0.2, 0) is 6.42 Å². The number of phenolic OH excluding ortho intramolecular Hbond substituents is 1. The molecule has 4 aromatic rings. The van der Waals surface area contributed by atoms with Crippen LogP contribution in [0.2, 0.25) is 5.02 Å². The van der Waals surface area contributed by atoms with Gasteiger partial charge in [0.1, 0.15) is 30.5 Å². The molecule has 4 unspecified atom stereocenters. The third kappa shape index (κ3) is 4.66. The molecule has 4 saturated heterocycles. The number of phenols is 1. The maximum absolute atomic E-state index is 14.5. The van der Waals surface area contributed by atoms with E-state index in [2.05, 4.69) is 17.1 Å². The molecule has 0 amide bonds. The number of anilines is 1. The number of piperazine rings is 1. The van der Waals surface area contributed by atoms with Crippen LogP contribution in [0, 0.1) is 0 Å². The third-order valence-corrected chi connectivity index (χ3v) is 10.5. The summed E-state index contributed by atoms with van der Waals surface area (Å²) in [5, 5.41) is 17.7. The highest BCUT2D eigenvalue weighted by Crippen LogP contribution is 2.45. The van der Waals surface area contributed by atoms with Crippen LogP contribution in [0.1, 0.15) is 38.2 Å². The van der Waals surface area contributed by atoms with E-state index in [1.807, 2.05) is 35.2 Å². The molecule has 10 heteroatoms. The number of nitrogens with one attached hydrogen (secondary N) is 1. The summed E-state index contributed by atoms with van der Waals surface area (Å²) in [6.07, 6.45) is 1.38. The Hall–Kier alpha value is -3.27. The fraction of sp³-hybridized carbons (Fsp3) is 0.471. The molecule has 0 aliphatic carbocycles. The lowest BCUT2D eigenvalue weighted by Gasteiger charge is -2.35. The fourth-order valence-corrected chi connectivity index (χ4v) is 8.64. The molecule has 7 nitrogen and oxygen atoms in total. The van der Waals surface area contributed by atoms with Gasteiger partial charge in [0.15, 0.2) is 0 Å². The Balaban J connectivity index is 1.29. The lowest BCUT2D eigenvalue weighted by atomic mass is 9.91. The van der Waals surface area contributed by atoms with E-state index in [0.29, 0.717) is 23.5 Å². The van der Waals surface area contributed by atoms with Crippen molar-refractivity contribution in [1.29, 1.82) is 0 Å². The summed E-state index contributed by atoms with van der Waals surface area (Å²) >= 11 is 7.15. The Morgan fingerprint density at radius 3 is 2.45 bits per heavy atom. The average molecular weight is 620 g/mol. The molecule has 1 aromatic heterocycles. The molecule has 230 valence electrons. The molecule has 2 N–H and O–H groups in total. The zero-order valence-electron chi connectivity index (χ0n) is 24.7. The van der Waals surface area contributed by atoms with Gasteiger partial charge in [-0.05, 0) is 59.4 Å². The zero-order valence-corrected chi connectivity index (χ0v) is 25.5. The van der Waals surface area contributed by atoms with Crippen LogP contribution in [0.4, 0.5) is 14.6 Å². The highest BCUT2D eigenvalue weighted by atomic mass is 35.5. The number of aryl methyl sites for hydroxylation is 1. The zero-order chi connectivity index (χ0) is 30.2. The molecular formula is C34H36ClF2N5O2. The summed E-state index contributed by atoms with van der Waals surface area (Å²) in [6.45, 7) is 4.29. The Labute approximate surface area is 260 Å². The van der Waals surface area contributed by atoms with E-state index >= 15 is 0 Å². The molecule has 0 spiro atoms. The Morgan fingerprint density at radius 2 is 1.73 bits per heavy atom. The highest BCUT2D eigenvalue weighted by molar-refractivity contribution is 6.35. The number of halogens is 3. The number of aromatic nitrogens is 2. The van der Waals surface area contributed by atoms with E-state index in [1.54, 1.807) is 12.1 Å². The molecule has 3 aromatic carbocycles. The van der Waals surface area contributed by atoms with Gasteiger partial charge in [0.05, 0.1) is 11.1 Å². The number of aromatic hydroxyl groups is 1. The van der Waals surface area contributed by atoms with Crippen LogP contribution in [0.5, 0.6) is 11.8 Å². The minimum absolute atomic E-state index is 0.130. The van der Waals surface area contributed by atoms with Gasteiger partial charge in [-0.1, -0.05) is 42.8 Å². The largest absolute Gasteiger partial charge is 0.508 e. The second-order valence-corrected chi connectivity index (χ2v) is 13.5. The molecule has 4 atom stereocenters. The summed E-state index contributed by atoms with van der Waals surface area (Å²) in [5.41, 5.74) is 2.64. The first kappa shape index (κ1) is 28.2. The Kier molecular flexibility index (Phi) is 6.84. The average Bonchev–Trinajstić information content (AvgIpc) is 3.61. The maximum Gasteiger partial charge on any atom is 0.319 e. The van der Waals surface area contributed by atoms with Gasteiger partial charge in [0.25, 0.3) is 0 Å². The first-order valence-electron chi connectivity index (χ1n) is 15.7. The van der Waals surface area contributed by atoms with Crippen molar-refractivity contribution in [3.8, 4) is 22.9 Å². The van der Waals surface area contributed by atoms with E-state index in [9.17, 15) is 13.9 Å². The van der Waals surface area contributed by atoms with Crippen LogP contribution >= 0.6 is 11.6 Å². The van der Waals surface area contributed by atoms with Gasteiger partial charge in [-0.3, -0.25) is 4.90 Å². The molecule has 4 aliphatic rings. The maximum atomic E-state index is 14.5. The number of benzene rings is 3. The highest BCUT2D eigenvalue weighted by Gasteiger charge is 2.53. The summed E-state index contributed by atoms with van der Waals surface area (Å²) < 4.78 is 35.4. The minimum Gasteiger partial charge on any atom is -0.508 e. The van der Waals surface area contributed by atoms with Crippen LogP contribution in [0.15, 0.2) is 42.5 Å². The van der Waals surface area contributed by atoms with Crippen molar-refractivity contribution >= 4 is 39.1 Å². The predicted octanol–water partition coefficient (Wildman–Crippen LogP) is 6.22. The first-order chi connectivity index (χ1) is 21.3. The van der Waals surface area contributed by atoms with Gasteiger partial charge >= 0.3 is 6.01 Å². The van der Waals surface area contributed by atoms with E-state index in [0.717, 1.165) is 70.1 Å². The summed E-state index contributed by atoms with van der Waals surface area (Å²) in [7, 11) is 0. The van der Waals surface area contributed by atoms with Crippen molar-refractivity contribution in [1.82, 2.24) is 20.2 Å². The van der Waals surface area contributed by atoms with Gasteiger partial charge < -0.3 is 20.1 Å². The number of hydrogen-bond acceptors (Lipinski definition) is 7. The molecule has 5 heterocycles. The monoisotopic (exact) mass is 619 g/mol. The van der Waals surface area contributed by atoms with Gasteiger partial charge in [0, 0.05) is 67.1 Å². The van der Waals surface area contributed by atoms with Crippen molar-refractivity contribution in [2.24, 2.45) is 0 Å². The van der Waals surface area contributed by atoms with Crippen molar-refractivity contribution in [2.75, 3.05) is 37.7 Å². The van der Waals surface area contributed by atoms with Crippen LogP contribution in [0.25, 0.3) is 32.8 Å². The normalized spacial score (nSPS) is 28.3. The van der Waals surface area contributed by atoms with Crippen LogP contribution in [-0.4, -0.2) is 82.7 Å². The lowest BCUT2D eigenvalue weighted by molar-refractivity contribution is 0.107. The van der Waals surface area contributed by atoms with Gasteiger partial charge in [-0.25, -0.2) is 8.78 Å². The van der Waals surface area contributed by atoms with Gasteiger partial charge in [-0.2, -0.15) is 9.97 Å². The number of hydrogen-bond donors (Lipinski definition) is 2. The predicted molar refractivity (Wildman–Crippen MR) is 170 cm³/mol. The summed E-state index contributed by atoms with van der Waals surface area (Å²) in [5.74, 6) is 0.932. The number of ether oxygens (including phenoxy) is 1. The Morgan fingerprint density at radius 1 is 1.00 bits per heavy atom. The molecule has 4 aliphatic heterocycles. The van der Waals surface area contributed by atoms with E-state index in [1.165, 1.54) is 0 Å². The summed E-state index contributed by atoms with van der Waals surface area (Å²) in [6, 6.07) is 14.4. The molecule has 0 saturated carbocycles. The van der Waals surface area contributed by atoms with Gasteiger partial charge in [0.2, 0.25) is 0 Å². The number of fused-ring (bicyclic) bond motifs is 5. The fourth-order valence-electron chi connectivity index (χ4n) is 8.32. The minimum atomic E-state index is -0.996. The van der Waals surface area contributed by atoms with Crippen LogP contribution in [0.3, 0.4) is 0 Å². The van der Waals surface area contributed by atoms with Crippen molar-refractivity contribution in [3.63, 3.8) is 0 Å². The molecule has 44 heavy (non-hydrogen) atoms. The van der Waals surface area contributed by atoms with E-state index < -0.39 is 17.9 Å². The number of rotatable bonds is 6. The molecule has 0 radical (unpaired) electrons. The Bertz CT molecular complexity index is 1750. The molecule has 4 fully saturated rings. The van der Waals surface area contributed by atoms with Gasteiger partial charge in [-0.15, -0.1) is 0 Å². The molecule has 2 bridgehead atoms. The smallest absolute Gasteiger partial charge is 0.319 e. The van der Waals surface area contributed by atoms with Crippen molar-refractivity contribution in [3.05, 3.63) is 53.1 Å². The van der Waals surface area contributed by atoms with E-state index in [-0.39, 0.29) is 44.3 Å². The van der Waals surface area contributed by atoms with Crippen LogP contribution < -0.4 is 15.0 Å². The summed E-state index contributed by atoms with van der Waals surface area (Å²) in [4.78, 5) is 14.2.